The lowest BCUT2D eigenvalue weighted by Crippen LogP contribution is -2.38. The Morgan fingerprint density at radius 1 is 0.778 bits per heavy atom. The molecule has 1 atom stereocenters. The summed E-state index contributed by atoms with van der Waals surface area (Å²) < 4.78 is 11.4. The molecule has 36 heavy (non-hydrogen) atoms. The molecule has 0 saturated heterocycles. The van der Waals surface area contributed by atoms with Gasteiger partial charge in [0, 0.05) is 12.1 Å². The number of benzene rings is 3. The summed E-state index contributed by atoms with van der Waals surface area (Å²) in [7, 11) is 0. The zero-order valence-corrected chi connectivity index (χ0v) is 22.1. The Balaban J connectivity index is 1.94. The first-order valence-corrected chi connectivity index (χ1v) is 12.0. The first-order chi connectivity index (χ1) is 16.8. The molecule has 6 heteroatoms. The maximum atomic E-state index is 13.0. The molecule has 0 bridgehead atoms. The van der Waals surface area contributed by atoms with E-state index in [9.17, 15) is 14.7 Å². The van der Waals surface area contributed by atoms with Crippen LogP contribution in [0, 0.1) is 27.7 Å². The molecule has 0 heterocycles. The van der Waals surface area contributed by atoms with E-state index in [1.165, 1.54) is 0 Å². The molecule has 0 fully saturated rings. The molecule has 0 amide bonds. The quantitative estimate of drug-likeness (QED) is 0.323. The van der Waals surface area contributed by atoms with E-state index in [2.05, 4.69) is 5.32 Å². The second kappa shape index (κ2) is 11.1. The van der Waals surface area contributed by atoms with Gasteiger partial charge in [0.25, 0.3) is 0 Å². The summed E-state index contributed by atoms with van der Waals surface area (Å²) in [6.45, 7) is 13.9. The SMILES string of the molecule is Cc1ccc(C(=O)Oc2ccc(C(O)CNC(C)(C)C)cc2OC(=O)c2ccc(C)cc2C)c(C)c1. The van der Waals surface area contributed by atoms with Crippen LogP contribution in [0.15, 0.2) is 54.6 Å². The second-order valence-electron chi connectivity index (χ2n) is 10.3. The molecule has 190 valence electrons. The third kappa shape index (κ3) is 7.03. The molecule has 3 aromatic carbocycles. The Bertz CT molecular complexity index is 1270. The minimum Gasteiger partial charge on any atom is -0.419 e. The van der Waals surface area contributed by atoms with Crippen LogP contribution in [-0.4, -0.2) is 29.1 Å². The van der Waals surface area contributed by atoms with Gasteiger partial charge in [0.05, 0.1) is 17.2 Å². The van der Waals surface area contributed by atoms with Crippen LogP contribution in [0.25, 0.3) is 0 Å². The third-order valence-corrected chi connectivity index (χ3v) is 5.79. The Kier molecular flexibility index (Phi) is 8.33. The molecule has 3 aromatic rings. The normalized spacial score (nSPS) is 12.2. The molecular weight excluding hydrogens is 454 g/mol. The zero-order valence-electron chi connectivity index (χ0n) is 22.1. The number of rotatable bonds is 7. The van der Waals surface area contributed by atoms with Gasteiger partial charge in [-0.25, -0.2) is 9.59 Å². The summed E-state index contributed by atoms with van der Waals surface area (Å²) in [6, 6.07) is 15.6. The van der Waals surface area contributed by atoms with Gasteiger partial charge in [-0.2, -0.15) is 0 Å². The summed E-state index contributed by atoms with van der Waals surface area (Å²) in [5, 5.41) is 14.0. The van der Waals surface area contributed by atoms with Gasteiger partial charge < -0.3 is 19.9 Å². The highest BCUT2D eigenvalue weighted by molar-refractivity contribution is 5.94. The average molecular weight is 490 g/mol. The highest BCUT2D eigenvalue weighted by Crippen LogP contribution is 2.33. The lowest BCUT2D eigenvalue weighted by atomic mass is 10.0. The van der Waals surface area contributed by atoms with Crippen LogP contribution in [0.3, 0.4) is 0 Å². The van der Waals surface area contributed by atoms with Gasteiger partial charge in [0.2, 0.25) is 0 Å². The van der Waals surface area contributed by atoms with E-state index in [4.69, 9.17) is 9.47 Å². The molecule has 0 spiro atoms. The van der Waals surface area contributed by atoms with Crippen LogP contribution < -0.4 is 14.8 Å². The van der Waals surface area contributed by atoms with Crippen LogP contribution in [0.4, 0.5) is 0 Å². The van der Waals surface area contributed by atoms with Crippen molar-refractivity contribution < 1.29 is 24.2 Å². The molecule has 0 aliphatic carbocycles. The number of hydrogen-bond donors (Lipinski definition) is 2. The van der Waals surface area contributed by atoms with Crippen molar-refractivity contribution in [2.45, 2.75) is 60.1 Å². The van der Waals surface area contributed by atoms with E-state index < -0.39 is 18.0 Å². The molecule has 0 aliphatic rings. The first-order valence-electron chi connectivity index (χ1n) is 12.0. The van der Waals surface area contributed by atoms with Crippen molar-refractivity contribution in [3.63, 3.8) is 0 Å². The van der Waals surface area contributed by atoms with Gasteiger partial charge in [-0.05, 0) is 89.4 Å². The van der Waals surface area contributed by atoms with E-state index in [0.29, 0.717) is 23.2 Å². The van der Waals surface area contributed by atoms with E-state index in [-0.39, 0.29) is 17.0 Å². The van der Waals surface area contributed by atoms with Crippen molar-refractivity contribution in [1.29, 1.82) is 0 Å². The first kappa shape index (κ1) is 27.1. The molecule has 1 unspecified atom stereocenters. The number of esters is 2. The standard InChI is InChI=1S/C30H35NO5/c1-18-8-11-23(20(3)14-18)28(33)35-26-13-10-22(25(32)17-31-30(5,6)7)16-27(26)36-29(34)24-12-9-19(2)15-21(24)4/h8-16,25,31-32H,17H2,1-7H3. The predicted molar refractivity (Wildman–Crippen MR) is 141 cm³/mol. The van der Waals surface area contributed by atoms with Crippen molar-refractivity contribution >= 4 is 11.9 Å². The maximum Gasteiger partial charge on any atom is 0.343 e. The van der Waals surface area contributed by atoms with Crippen LogP contribution in [0.5, 0.6) is 11.5 Å². The van der Waals surface area contributed by atoms with Gasteiger partial charge >= 0.3 is 11.9 Å². The maximum absolute atomic E-state index is 13.0. The van der Waals surface area contributed by atoms with Gasteiger partial charge in [-0.3, -0.25) is 0 Å². The average Bonchev–Trinajstić information content (AvgIpc) is 2.77. The highest BCUT2D eigenvalue weighted by atomic mass is 16.6. The molecule has 0 radical (unpaired) electrons. The van der Waals surface area contributed by atoms with Gasteiger partial charge in [0.15, 0.2) is 11.5 Å². The van der Waals surface area contributed by atoms with Crippen molar-refractivity contribution in [2.75, 3.05) is 6.54 Å². The van der Waals surface area contributed by atoms with Gasteiger partial charge in [-0.15, -0.1) is 0 Å². The number of hydrogen-bond acceptors (Lipinski definition) is 6. The predicted octanol–water partition coefficient (Wildman–Crippen LogP) is 5.78. The lowest BCUT2D eigenvalue weighted by Gasteiger charge is -2.23. The fraction of sp³-hybridized carbons (Fsp3) is 0.333. The van der Waals surface area contributed by atoms with Gasteiger partial charge in [0.1, 0.15) is 0 Å². The summed E-state index contributed by atoms with van der Waals surface area (Å²) >= 11 is 0. The van der Waals surface area contributed by atoms with E-state index in [1.807, 2.05) is 72.7 Å². The number of aliphatic hydroxyl groups is 1. The molecule has 0 aliphatic heterocycles. The number of aryl methyl sites for hydroxylation is 4. The van der Waals surface area contributed by atoms with Crippen LogP contribution in [0.2, 0.25) is 0 Å². The summed E-state index contributed by atoms with van der Waals surface area (Å²) in [4.78, 5) is 26.0. The molecule has 0 saturated carbocycles. The molecule has 0 aromatic heterocycles. The number of nitrogens with one attached hydrogen (secondary N) is 1. The monoisotopic (exact) mass is 489 g/mol. The molecule has 6 nitrogen and oxygen atoms in total. The van der Waals surface area contributed by atoms with Crippen LogP contribution >= 0.6 is 0 Å². The van der Waals surface area contributed by atoms with Crippen LogP contribution in [0.1, 0.15) is 75.4 Å². The van der Waals surface area contributed by atoms with Crippen molar-refractivity contribution in [3.8, 4) is 11.5 Å². The fourth-order valence-electron chi connectivity index (χ4n) is 3.81. The fourth-order valence-corrected chi connectivity index (χ4v) is 3.81. The smallest absolute Gasteiger partial charge is 0.343 e. The van der Waals surface area contributed by atoms with Crippen LogP contribution in [-0.2, 0) is 0 Å². The molecule has 2 N–H and O–H groups in total. The highest BCUT2D eigenvalue weighted by Gasteiger charge is 2.21. The van der Waals surface area contributed by atoms with Crippen molar-refractivity contribution in [2.24, 2.45) is 0 Å². The lowest BCUT2D eigenvalue weighted by molar-refractivity contribution is 0.0680. The molecule has 3 rings (SSSR count). The Morgan fingerprint density at radius 3 is 1.75 bits per heavy atom. The number of ether oxygens (including phenoxy) is 2. The van der Waals surface area contributed by atoms with E-state index >= 15 is 0 Å². The minimum absolute atomic E-state index is 0.0606. The number of β-amino-alcohol motifs (C(OH)–C–C–N with tert-alkyl or cyclic N) is 1. The number of aliphatic hydroxyl groups excluding tert-OH is 1. The van der Waals surface area contributed by atoms with Gasteiger partial charge in [-0.1, -0.05) is 41.5 Å². The minimum atomic E-state index is -0.855. The second-order valence-corrected chi connectivity index (χ2v) is 10.3. The van der Waals surface area contributed by atoms with E-state index in [0.717, 1.165) is 22.3 Å². The largest absolute Gasteiger partial charge is 0.419 e. The zero-order chi connectivity index (χ0) is 26.6. The summed E-state index contributed by atoms with van der Waals surface area (Å²) in [5.74, 6) is -0.974. The summed E-state index contributed by atoms with van der Waals surface area (Å²) in [5.41, 5.74) is 4.81. The third-order valence-electron chi connectivity index (χ3n) is 5.79. The van der Waals surface area contributed by atoms with E-state index in [1.54, 1.807) is 30.3 Å². The van der Waals surface area contributed by atoms with Crippen molar-refractivity contribution in [3.05, 3.63) is 93.5 Å². The Labute approximate surface area is 213 Å². The number of carbonyl (C=O) groups is 2. The Hall–Kier alpha value is -3.48. The Morgan fingerprint density at radius 2 is 1.28 bits per heavy atom. The molecular formula is C30H35NO5. The number of carbonyl (C=O) groups excluding carboxylic acids is 2. The van der Waals surface area contributed by atoms with Crippen molar-refractivity contribution in [1.82, 2.24) is 5.32 Å². The topological polar surface area (TPSA) is 84.9 Å². The summed E-state index contributed by atoms with van der Waals surface area (Å²) in [6.07, 6.45) is -0.855.